The fourth-order valence-electron chi connectivity index (χ4n) is 4.61. The zero-order valence-corrected chi connectivity index (χ0v) is 15.9. The van der Waals surface area contributed by atoms with Gasteiger partial charge in [0.05, 0.1) is 12.7 Å². The molecule has 0 bridgehead atoms. The van der Waals surface area contributed by atoms with E-state index in [0.29, 0.717) is 23.9 Å². The average Bonchev–Trinajstić information content (AvgIpc) is 2.67. The predicted octanol–water partition coefficient (Wildman–Crippen LogP) is 4.85. The topological polar surface area (TPSA) is 55.8 Å². The molecule has 0 aromatic heterocycles. The Morgan fingerprint density at radius 3 is 2.27 bits per heavy atom. The van der Waals surface area contributed by atoms with E-state index in [0.717, 1.165) is 17.9 Å². The van der Waals surface area contributed by atoms with Crippen LogP contribution in [-0.4, -0.2) is 30.9 Å². The van der Waals surface area contributed by atoms with Crippen molar-refractivity contribution in [2.75, 3.05) is 13.7 Å². The maximum atomic E-state index is 10.6. The Bertz CT molecular complexity index is 562. The summed E-state index contributed by atoms with van der Waals surface area (Å²) in [5.74, 6) is 0.800. The first-order valence-corrected chi connectivity index (χ1v) is 10.0. The van der Waals surface area contributed by atoms with Crippen molar-refractivity contribution in [3.63, 3.8) is 0 Å². The summed E-state index contributed by atoms with van der Waals surface area (Å²) in [6, 6.07) is 7.88. The molecule has 3 rings (SSSR count). The standard InChI is InChI=1S/C22H32O4/c1-25-19-10-14-22(15-11-19)12-8-18(9-13-22)16-26-20-5-2-17(3-6-20)4-7-21(23)24/h2-3,5-6,18-19H,4,7-16H2,1H3,(H,23,24). The van der Waals surface area contributed by atoms with Gasteiger partial charge in [0.25, 0.3) is 0 Å². The van der Waals surface area contributed by atoms with E-state index in [4.69, 9.17) is 14.6 Å². The van der Waals surface area contributed by atoms with E-state index in [1.54, 1.807) is 0 Å². The second kappa shape index (κ2) is 8.90. The molecule has 0 unspecified atom stereocenters. The number of carbonyl (C=O) groups is 1. The Morgan fingerprint density at radius 2 is 1.69 bits per heavy atom. The smallest absolute Gasteiger partial charge is 0.303 e. The molecule has 0 radical (unpaired) electrons. The summed E-state index contributed by atoms with van der Waals surface area (Å²) in [7, 11) is 1.84. The molecular weight excluding hydrogens is 328 g/mol. The van der Waals surface area contributed by atoms with Crippen LogP contribution in [0, 0.1) is 11.3 Å². The highest BCUT2D eigenvalue weighted by Crippen LogP contribution is 2.49. The molecule has 1 spiro atoms. The fraction of sp³-hybridized carbons (Fsp3) is 0.682. The van der Waals surface area contributed by atoms with Crippen LogP contribution in [0.25, 0.3) is 0 Å². The fourth-order valence-corrected chi connectivity index (χ4v) is 4.61. The van der Waals surface area contributed by atoms with Gasteiger partial charge in [-0.25, -0.2) is 0 Å². The lowest BCUT2D eigenvalue weighted by molar-refractivity contribution is -0.136. The number of carboxylic acids is 1. The first-order valence-electron chi connectivity index (χ1n) is 10.0. The van der Waals surface area contributed by atoms with E-state index in [-0.39, 0.29) is 6.42 Å². The third-order valence-corrected chi connectivity index (χ3v) is 6.53. The van der Waals surface area contributed by atoms with Gasteiger partial charge in [0.2, 0.25) is 0 Å². The lowest BCUT2D eigenvalue weighted by Crippen LogP contribution is -2.35. The van der Waals surface area contributed by atoms with Crippen LogP contribution in [-0.2, 0) is 16.0 Å². The Labute approximate surface area is 156 Å². The van der Waals surface area contributed by atoms with Crippen LogP contribution in [0.15, 0.2) is 24.3 Å². The lowest BCUT2D eigenvalue weighted by atomic mass is 9.63. The maximum Gasteiger partial charge on any atom is 0.303 e. The third-order valence-electron chi connectivity index (χ3n) is 6.53. The first-order chi connectivity index (χ1) is 12.6. The second-order valence-electron chi connectivity index (χ2n) is 8.23. The Morgan fingerprint density at radius 1 is 1.08 bits per heavy atom. The molecule has 2 aliphatic rings. The zero-order valence-electron chi connectivity index (χ0n) is 15.9. The van der Waals surface area contributed by atoms with Gasteiger partial charge in [-0.15, -0.1) is 0 Å². The molecule has 0 atom stereocenters. The van der Waals surface area contributed by atoms with Crippen molar-refractivity contribution in [1.29, 1.82) is 0 Å². The van der Waals surface area contributed by atoms with Gasteiger partial charge in [0, 0.05) is 13.5 Å². The van der Waals surface area contributed by atoms with E-state index < -0.39 is 5.97 Å². The van der Waals surface area contributed by atoms with Crippen molar-refractivity contribution < 1.29 is 19.4 Å². The summed E-state index contributed by atoms with van der Waals surface area (Å²) < 4.78 is 11.5. The third kappa shape index (κ3) is 5.23. The van der Waals surface area contributed by atoms with Crippen molar-refractivity contribution in [2.24, 2.45) is 11.3 Å². The minimum Gasteiger partial charge on any atom is -0.493 e. The highest BCUT2D eigenvalue weighted by atomic mass is 16.5. The molecular formula is C22H32O4. The van der Waals surface area contributed by atoms with E-state index >= 15 is 0 Å². The molecule has 0 heterocycles. The SMILES string of the molecule is COC1CCC2(CCC(COc3ccc(CCC(=O)O)cc3)CC2)CC1. The van der Waals surface area contributed by atoms with Gasteiger partial charge in [-0.2, -0.15) is 0 Å². The molecule has 2 aliphatic carbocycles. The van der Waals surface area contributed by atoms with Gasteiger partial charge in [-0.3, -0.25) is 4.79 Å². The van der Waals surface area contributed by atoms with E-state index in [1.807, 2.05) is 31.4 Å². The lowest BCUT2D eigenvalue weighted by Gasteiger charge is -2.44. The number of benzene rings is 1. The predicted molar refractivity (Wildman–Crippen MR) is 102 cm³/mol. The number of aryl methyl sites for hydroxylation is 1. The molecule has 4 heteroatoms. The molecule has 0 amide bonds. The number of methoxy groups -OCH3 is 1. The van der Waals surface area contributed by atoms with Gasteiger partial charge < -0.3 is 14.6 Å². The van der Waals surface area contributed by atoms with Crippen molar-refractivity contribution >= 4 is 5.97 Å². The summed E-state index contributed by atoms with van der Waals surface area (Å²) >= 11 is 0. The van der Waals surface area contributed by atoms with Crippen LogP contribution >= 0.6 is 0 Å². The van der Waals surface area contributed by atoms with Crippen LogP contribution in [0.3, 0.4) is 0 Å². The quantitative estimate of drug-likeness (QED) is 0.755. The summed E-state index contributed by atoms with van der Waals surface area (Å²) in [4.78, 5) is 10.6. The van der Waals surface area contributed by atoms with Crippen LogP contribution in [0.2, 0.25) is 0 Å². The molecule has 4 nitrogen and oxygen atoms in total. The minimum atomic E-state index is -0.754. The number of aliphatic carboxylic acids is 1. The van der Waals surface area contributed by atoms with Gasteiger partial charge in [-0.05, 0) is 86.8 Å². The Balaban J connectivity index is 1.39. The number of ether oxygens (including phenoxy) is 2. The number of hydrogen-bond acceptors (Lipinski definition) is 3. The van der Waals surface area contributed by atoms with Gasteiger partial charge in [0.15, 0.2) is 0 Å². The number of hydrogen-bond donors (Lipinski definition) is 1. The van der Waals surface area contributed by atoms with Crippen LogP contribution in [0.1, 0.15) is 63.4 Å². The van der Waals surface area contributed by atoms with Crippen molar-refractivity contribution in [3.05, 3.63) is 29.8 Å². The van der Waals surface area contributed by atoms with Crippen molar-refractivity contribution in [1.82, 2.24) is 0 Å². The Kier molecular flexibility index (Phi) is 6.58. The minimum absolute atomic E-state index is 0.176. The van der Waals surface area contributed by atoms with Gasteiger partial charge >= 0.3 is 5.97 Å². The maximum absolute atomic E-state index is 10.6. The first kappa shape index (κ1) is 19.2. The highest BCUT2D eigenvalue weighted by molar-refractivity contribution is 5.67. The Hall–Kier alpha value is -1.55. The van der Waals surface area contributed by atoms with Crippen LogP contribution < -0.4 is 4.74 Å². The van der Waals surface area contributed by atoms with E-state index in [9.17, 15) is 4.79 Å². The molecule has 1 aromatic rings. The molecule has 26 heavy (non-hydrogen) atoms. The molecule has 2 fully saturated rings. The number of rotatable bonds is 7. The monoisotopic (exact) mass is 360 g/mol. The largest absolute Gasteiger partial charge is 0.493 e. The van der Waals surface area contributed by atoms with Crippen molar-refractivity contribution in [2.45, 2.75) is 70.3 Å². The molecule has 1 aromatic carbocycles. The highest BCUT2D eigenvalue weighted by Gasteiger charge is 2.38. The normalized spacial score (nSPS) is 28.8. The van der Waals surface area contributed by atoms with E-state index in [1.165, 1.54) is 51.4 Å². The van der Waals surface area contributed by atoms with Gasteiger partial charge in [0.1, 0.15) is 5.75 Å². The number of carboxylic acid groups (broad SMARTS) is 1. The molecule has 144 valence electrons. The average molecular weight is 360 g/mol. The molecule has 2 saturated carbocycles. The van der Waals surface area contributed by atoms with Gasteiger partial charge in [-0.1, -0.05) is 12.1 Å². The molecule has 0 saturated heterocycles. The van der Waals surface area contributed by atoms with Crippen LogP contribution in [0.5, 0.6) is 5.75 Å². The summed E-state index contributed by atoms with van der Waals surface area (Å²) in [6.07, 6.45) is 11.6. The molecule has 1 N–H and O–H groups in total. The summed E-state index contributed by atoms with van der Waals surface area (Å²) in [6.45, 7) is 0.797. The molecule has 0 aliphatic heterocycles. The van der Waals surface area contributed by atoms with E-state index in [2.05, 4.69) is 0 Å². The second-order valence-corrected chi connectivity index (χ2v) is 8.23. The van der Waals surface area contributed by atoms with Crippen molar-refractivity contribution in [3.8, 4) is 5.75 Å². The summed E-state index contributed by atoms with van der Waals surface area (Å²) in [5.41, 5.74) is 1.63. The zero-order chi connectivity index (χ0) is 18.4. The van der Waals surface area contributed by atoms with Crippen LogP contribution in [0.4, 0.5) is 0 Å². The summed E-state index contributed by atoms with van der Waals surface area (Å²) in [5, 5.41) is 8.74.